The first-order chi connectivity index (χ1) is 8.51. The maximum Gasteiger partial charge on any atom is 0.331 e. The van der Waals surface area contributed by atoms with Gasteiger partial charge in [-0.1, -0.05) is 13.0 Å². The lowest BCUT2D eigenvalue weighted by Crippen LogP contribution is -2.33. The van der Waals surface area contributed by atoms with Crippen molar-refractivity contribution in [3.8, 4) is 5.75 Å². The fourth-order valence-corrected chi connectivity index (χ4v) is 1.67. The van der Waals surface area contributed by atoms with Crippen molar-refractivity contribution in [2.24, 2.45) is 0 Å². The summed E-state index contributed by atoms with van der Waals surface area (Å²) in [5.41, 5.74) is 0.110. The van der Waals surface area contributed by atoms with Crippen LogP contribution in [0.4, 0.5) is 4.39 Å². The van der Waals surface area contributed by atoms with Gasteiger partial charge in [-0.2, -0.15) is 0 Å². The summed E-state index contributed by atoms with van der Waals surface area (Å²) in [5.74, 6) is -2.72. The summed E-state index contributed by atoms with van der Waals surface area (Å²) in [6.45, 7) is 2.05. The highest BCUT2D eigenvalue weighted by molar-refractivity contribution is 5.78. The monoisotopic (exact) mass is 255 g/mol. The van der Waals surface area contributed by atoms with Crippen molar-refractivity contribution in [1.29, 1.82) is 0 Å². The molecule has 2 N–H and O–H groups in total. The van der Waals surface area contributed by atoms with E-state index in [2.05, 4.69) is 0 Å². The first-order valence-corrected chi connectivity index (χ1v) is 5.43. The summed E-state index contributed by atoms with van der Waals surface area (Å²) in [6.07, 6.45) is 1.01. The topological polar surface area (TPSA) is 77.8 Å². The van der Waals surface area contributed by atoms with Crippen LogP contribution in [0.2, 0.25) is 0 Å². The molecule has 0 aliphatic rings. The number of carboxylic acid groups (broad SMARTS) is 1. The number of phenolic OH excluding ortho intramolecular Hbond substituents is 1. The van der Waals surface area contributed by atoms with Crippen molar-refractivity contribution in [3.05, 3.63) is 29.6 Å². The molecule has 0 aliphatic heterocycles. The standard InChI is InChI=1S/C12H14FNO4/c1-2-5-14(7-15)11(12(17)18)8-3-4-10(16)9(13)6-8/h3-4,6-7,11,16H,2,5H2,1H3,(H,17,18). The van der Waals surface area contributed by atoms with E-state index in [4.69, 9.17) is 10.2 Å². The predicted molar refractivity (Wildman–Crippen MR) is 61.5 cm³/mol. The van der Waals surface area contributed by atoms with Crippen LogP contribution in [0.1, 0.15) is 24.9 Å². The average molecular weight is 255 g/mol. The highest BCUT2D eigenvalue weighted by Crippen LogP contribution is 2.24. The van der Waals surface area contributed by atoms with Gasteiger partial charge >= 0.3 is 5.97 Å². The lowest BCUT2D eigenvalue weighted by molar-refractivity contribution is -0.146. The molecule has 1 rings (SSSR count). The summed E-state index contributed by atoms with van der Waals surface area (Å²) in [7, 11) is 0. The number of carbonyl (C=O) groups is 2. The van der Waals surface area contributed by atoms with Gasteiger partial charge in [0, 0.05) is 6.54 Å². The molecule has 0 aromatic heterocycles. The van der Waals surface area contributed by atoms with Gasteiger partial charge in [-0.3, -0.25) is 4.79 Å². The number of benzene rings is 1. The van der Waals surface area contributed by atoms with Crippen LogP contribution in [0.5, 0.6) is 5.75 Å². The Labute approximate surface area is 103 Å². The first kappa shape index (κ1) is 14.0. The van der Waals surface area contributed by atoms with Gasteiger partial charge in [0.05, 0.1) is 0 Å². The first-order valence-electron chi connectivity index (χ1n) is 5.43. The number of halogens is 1. The van der Waals surface area contributed by atoms with E-state index < -0.39 is 23.6 Å². The minimum Gasteiger partial charge on any atom is -0.505 e. The van der Waals surface area contributed by atoms with E-state index in [1.807, 2.05) is 0 Å². The molecular weight excluding hydrogens is 241 g/mol. The van der Waals surface area contributed by atoms with Crippen LogP contribution < -0.4 is 0 Å². The number of phenols is 1. The Morgan fingerprint density at radius 3 is 2.67 bits per heavy atom. The Hall–Kier alpha value is -2.11. The number of amides is 1. The zero-order valence-corrected chi connectivity index (χ0v) is 9.84. The quantitative estimate of drug-likeness (QED) is 0.755. The summed E-state index contributed by atoms with van der Waals surface area (Å²) in [6, 6.07) is 2.01. The molecule has 5 nitrogen and oxygen atoms in total. The smallest absolute Gasteiger partial charge is 0.331 e. The van der Waals surface area contributed by atoms with Crippen LogP contribution >= 0.6 is 0 Å². The number of aliphatic carboxylic acids is 1. The maximum absolute atomic E-state index is 13.2. The minimum atomic E-state index is -1.25. The van der Waals surface area contributed by atoms with Gasteiger partial charge in [-0.15, -0.1) is 0 Å². The second-order valence-electron chi connectivity index (χ2n) is 3.79. The molecule has 18 heavy (non-hydrogen) atoms. The Morgan fingerprint density at radius 2 is 2.22 bits per heavy atom. The molecule has 1 aromatic carbocycles. The van der Waals surface area contributed by atoms with Gasteiger partial charge in [0.25, 0.3) is 0 Å². The van der Waals surface area contributed by atoms with Crippen molar-refractivity contribution in [1.82, 2.24) is 4.90 Å². The van der Waals surface area contributed by atoms with Gasteiger partial charge < -0.3 is 15.1 Å². The zero-order chi connectivity index (χ0) is 13.7. The summed E-state index contributed by atoms with van der Waals surface area (Å²) < 4.78 is 13.2. The highest BCUT2D eigenvalue weighted by Gasteiger charge is 2.26. The van der Waals surface area contributed by atoms with Gasteiger partial charge in [-0.25, -0.2) is 9.18 Å². The van der Waals surface area contributed by atoms with E-state index in [1.54, 1.807) is 6.92 Å². The fraction of sp³-hybridized carbons (Fsp3) is 0.333. The van der Waals surface area contributed by atoms with Gasteiger partial charge in [0.2, 0.25) is 6.41 Å². The largest absolute Gasteiger partial charge is 0.505 e. The molecule has 6 heteroatoms. The Morgan fingerprint density at radius 1 is 1.56 bits per heavy atom. The van der Waals surface area contributed by atoms with Crippen LogP contribution in [0, 0.1) is 5.82 Å². The van der Waals surface area contributed by atoms with E-state index in [-0.39, 0.29) is 12.1 Å². The van der Waals surface area contributed by atoms with Crippen LogP contribution in [0.25, 0.3) is 0 Å². The molecule has 98 valence electrons. The number of hydrogen-bond donors (Lipinski definition) is 2. The number of nitrogens with zero attached hydrogens (tertiary/aromatic N) is 1. The third kappa shape index (κ3) is 2.97. The van der Waals surface area contributed by atoms with Gasteiger partial charge in [0.15, 0.2) is 17.6 Å². The molecule has 0 bridgehead atoms. The molecule has 1 unspecified atom stereocenters. The lowest BCUT2D eigenvalue weighted by atomic mass is 10.1. The molecule has 0 saturated carbocycles. The summed E-state index contributed by atoms with van der Waals surface area (Å²) >= 11 is 0. The lowest BCUT2D eigenvalue weighted by Gasteiger charge is -2.24. The van der Waals surface area contributed by atoms with E-state index in [1.165, 1.54) is 6.07 Å². The second kappa shape index (κ2) is 6.00. The SMILES string of the molecule is CCCN(C=O)C(C(=O)O)c1ccc(O)c(F)c1. The number of carboxylic acids is 1. The van der Waals surface area contributed by atoms with E-state index in [0.717, 1.165) is 17.0 Å². The minimum absolute atomic E-state index is 0.110. The Bertz CT molecular complexity index is 450. The molecule has 0 fully saturated rings. The van der Waals surface area contributed by atoms with Crippen molar-refractivity contribution >= 4 is 12.4 Å². The summed E-state index contributed by atoms with van der Waals surface area (Å²) in [5, 5.41) is 18.2. The second-order valence-corrected chi connectivity index (χ2v) is 3.79. The average Bonchev–Trinajstić information content (AvgIpc) is 2.32. The molecule has 0 aliphatic carbocycles. The van der Waals surface area contributed by atoms with Crippen LogP contribution in [-0.4, -0.2) is 34.0 Å². The van der Waals surface area contributed by atoms with Crippen molar-refractivity contribution in [2.75, 3.05) is 6.54 Å². The molecule has 0 saturated heterocycles. The normalized spacial score (nSPS) is 11.9. The van der Waals surface area contributed by atoms with Crippen LogP contribution in [0.15, 0.2) is 18.2 Å². The molecule has 0 heterocycles. The molecule has 0 spiro atoms. The van der Waals surface area contributed by atoms with Crippen molar-refractivity contribution < 1.29 is 24.2 Å². The Balaban J connectivity index is 3.14. The van der Waals surface area contributed by atoms with E-state index >= 15 is 0 Å². The third-order valence-corrected chi connectivity index (χ3v) is 2.47. The molecule has 0 radical (unpaired) electrons. The number of hydrogen-bond acceptors (Lipinski definition) is 3. The van der Waals surface area contributed by atoms with Crippen LogP contribution in [-0.2, 0) is 9.59 Å². The van der Waals surface area contributed by atoms with Gasteiger partial charge in [-0.05, 0) is 24.1 Å². The van der Waals surface area contributed by atoms with E-state index in [0.29, 0.717) is 12.8 Å². The number of carbonyl (C=O) groups excluding carboxylic acids is 1. The fourth-order valence-electron chi connectivity index (χ4n) is 1.67. The molecule has 1 amide bonds. The van der Waals surface area contributed by atoms with Crippen LogP contribution in [0.3, 0.4) is 0 Å². The summed E-state index contributed by atoms with van der Waals surface area (Å²) in [4.78, 5) is 23.1. The molecule has 1 atom stereocenters. The van der Waals surface area contributed by atoms with E-state index in [9.17, 15) is 14.0 Å². The van der Waals surface area contributed by atoms with Crippen molar-refractivity contribution in [3.63, 3.8) is 0 Å². The zero-order valence-electron chi connectivity index (χ0n) is 9.84. The molecule has 1 aromatic rings. The van der Waals surface area contributed by atoms with Gasteiger partial charge in [0.1, 0.15) is 0 Å². The highest BCUT2D eigenvalue weighted by atomic mass is 19.1. The number of aromatic hydroxyl groups is 1. The molecular formula is C12H14FNO4. The maximum atomic E-state index is 13.2. The number of rotatable bonds is 6. The Kier molecular flexibility index (Phi) is 4.65. The third-order valence-electron chi connectivity index (χ3n) is 2.47. The predicted octanol–water partition coefficient (Wildman–Crippen LogP) is 1.53. The van der Waals surface area contributed by atoms with Crippen molar-refractivity contribution in [2.45, 2.75) is 19.4 Å².